The number of esters is 1. The molecule has 0 atom stereocenters. The van der Waals surface area contributed by atoms with Crippen LogP contribution in [0.1, 0.15) is 56.2 Å². The van der Waals surface area contributed by atoms with Crippen LogP contribution in [0.15, 0.2) is 42.5 Å². The number of carbonyl (C=O) groups excluding carboxylic acids is 2. The Kier molecular flexibility index (Phi) is 7.11. The summed E-state index contributed by atoms with van der Waals surface area (Å²) in [6, 6.07) is 11.7. The van der Waals surface area contributed by atoms with E-state index in [9.17, 15) is 14.0 Å². The zero-order valence-electron chi connectivity index (χ0n) is 16.2. The second-order valence-corrected chi connectivity index (χ2v) is 7.14. The third-order valence-electron chi connectivity index (χ3n) is 4.24. The highest BCUT2D eigenvalue weighted by Crippen LogP contribution is 2.32. The van der Waals surface area contributed by atoms with Crippen molar-refractivity contribution in [1.29, 1.82) is 0 Å². The molecule has 2 rings (SSSR count). The van der Waals surface area contributed by atoms with E-state index in [4.69, 9.17) is 4.74 Å². The lowest BCUT2D eigenvalue weighted by Gasteiger charge is -2.20. The number of nitrogens with one attached hydrogen (secondary N) is 1. The molecule has 0 unspecified atom stereocenters. The van der Waals surface area contributed by atoms with Crippen molar-refractivity contribution in [3.05, 3.63) is 65.0 Å². The number of halogens is 1. The maximum atomic E-state index is 13.2. The predicted octanol–water partition coefficient (Wildman–Crippen LogP) is 4.80. The highest BCUT2D eigenvalue weighted by atomic mass is 19.1. The lowest BCUT2D eigenvalue weighted by molar-refractivity contribution is -0.146. The standard InChI is InChI=1S/C22H26FNO3/c1-14(2)18-9-6-10-19(15(3)4)22(18)24-20(25)13-27-21(26)12-16-7-5-8-17(23)11-16/h5-11,14-15H,12-13H2,1-4H3,(H,24,25). The molecule has 0 heterocycles. The van der Waals surface area contributed by atoms with E-state index in [-0.39, 0.29) is 24.9 Å². The van der Waals surface area contributed by atoms with Gasteiger partial charge in [0.1, 0.15) is 5.82 Å². The van der Waals surface area contributed by atoms with Gasteiger partial charge in [0.25, 0.3) is 5.91 Å². The van der Waals surface area contributed by atoms with Gasteiger partial charge in [-0.25, -0.2) is 4.39 Å². The van der Waals surface area contributed by atoms with Gasteiger partial charge in [0.15, 0.2) is 6.61 Å². The Labute approximate surface area is 159 Å². The Morgan fingerprint density at radius 2 is 1.59 bits per heavy atom. The van der Waals surface area contributed by atoms with E-state index in [0.717, 1.165) is 16.8 Å². The topological polar surface area (TPSA) is 55.4 Å². The van der Waals surface area contributed by atoms with Crippen molar-refractivity contribution in [2.75, 3.05) is 11.9 Å². The first-order valence-corrected chi connectivity index (χ1v) is 9.10. The number of carbonyl (C=O) groups is 2. The van der Waals surface area contributed by atoms with Crippen LogP contribution in [-0.4, -0.2) is 18.5 Å². The third kappa shape index (κ3) is 5.91. The minimum atomic E-state index is -0.572. The number of anilines is 1. The van der Waals surface area contributed by atoms with Gasteiger partial charge in [-0.05, 0) is 40.7 Å². The van der Waals surface area contributed by atoms with Gasteiger partial charge in [-0.1, -0.05) is 58.0 Å². The molecule has 0 saturated carbocycles. The van der Waals surface area contributed by atoms with E-state index in [1.807, 2.05) is 18.2 Å². The molecular formula is C22H26FNO3. The van der Waals surface area contributed by atoms with Gasteiger partial charge in [-0.15, -0.1) is 0 Å². The number of hydrogen-bond donors (Lipinski definition) is 1. The number of benzene rings is 2. The van der Waals surface area contributed by atoms with Crippen LogP contribution in [-0.2, 0) is 20.7 Å². The quantitative estimate of drug-likeness (QED) is 0.712. The zero-order valence-corrected chi connectivity index (χ0v) is 16.2. The van der Waals surface area contributed by atoms with Crippen molar-refractivity contribution in [2.24, 2.45) is 0 Å². The first kappa shape index (κ1) is 20.6. The van der Waals surface area contributed by atoms with Crippen LogP contribution in [0, 0.1) is 5.82 Å². The monoisotopic (exact) mass is 371 g/mol. The van der Waals surface area contributed by atoms with Crippen LogP contribution < -0.4 is 5.32 Å². The molecule has 0 spiro atoms. The zero-order chi connectivity index (χ0) is 20.0. The fourth-order valence-corrected chi connectivity index (χ4v) is 2.88. The lowest BCUT2D eigenvalue weighted by atomic mass is 9.92. The minimum absolute atomic E-state index is 0.0785. The Hall–Kier alpha value is -2.69. The molecule has 2 aromatic carbocycles. The van der Waals surface area contributed by atoms with Crippen molar-refractivity contribution in [2.45, 2.75) is 46.0 Å². The van der Waals surface area contributed by atoms with Crippen molar-refractivity contribution < 1.29 is 18.7 Å². The summed E-state index contributed by atoms with van der Waals surface area (Å²) in [6.07, 6.45) is -0.0785. The van der Waals surface area contributed by atoms with E-state index >= 15 is 0 Å². The van der Waals surface area contributed by atoms with Gasteiger partial charge in [0, 0.05) is 5.69 Å². The second-order valence-electron chi connectivity index (χ2n) is 7.14. The van der Waals surface area contributed by atoms with Gasteiger partial charge in [-0.3, -0.25) is 9.59 Å². The molecular weight excluding hydrogens is 345 g/mol. The molecule has 0 aliphatic carbocycles. The number of para-hydroxylation sites is 1. The molecule has 144 valence electrons. The summed E-state index contributed by atoms with van der Waals surface area (Å²) in [5.74, 6) is -0.886. The second kappa shape index (κ2) is 9.31. The Morgan fingerprint density at radius 1 is 1.00 bits per heavy atom. The van der Waals surface area contributed by atoms with Crippen molar-refractivity contribution in [3.63, 3.8) is 0 Å². The number of ether oxygens (including phenoxy) is 1. The lowest BCUT2D eigenvalue weighted by Crippen LogP contribution is -2.23. The van der Waals surface area contributed by atoms with Gasteiger partial charge in [0.05, 0.1) is 6.42 Å². The molecule has 0 fully saturated rings. The maximum absolute atomic E-state index is 13.2. The summed E-state index contributed by atoms with van der Waals surface area (Å²) in [4.78, 5) is 24.2. The predicted molar refractivity (Wildman–Crippen MR) is 104 cm³/mol. The molecule has 27 heavy (non-hydrogen) atoms. The molecule has 1 amide bonds. The van der Waals surface area contributed by atoms with E-state index in [2.05, 4.69) is 33.0 Å². The van der Waals surface area contributed by atoms with E-state index in [1.54, 1.807) is 6.07 Å². The third-order valence-corrected chi connectivity index (χ3v) is 4.24. The van der Waals surface area contributed by atoms with Crippen LogP contribution in [0.5, 0.6) is 0 Å². The largest absolute Gasteiger partial charge is 0.455 e. The van der Waals surface area contributed by atoms with Gasteiger partial charge >= 0.3 is 5.97 Å². The highest BCUT2D eigenvalue weighted by Gasteiger charge is 2.17. The summed E-state index contributed by atoms with van der Waals surface area (Å²) in [7, 11) is 0. The van der Waals surface area contributed by atoms with Crippen LogP contribution >= 0.6 is 0 Å². The van der Waals surface area contributed by atoms with E-state index in [0.29, 0.717) is 5.56 Å². The van der Waals surface area contributed by atoms with Crippen molar-refractivity contribution >= 4 is 17.6 Å². The average Bonchev–Trinajstić information content (AvgIpc) is 2.59. The molecule has 0 aliphatic heterocycles. The van der Waals surface area contributed by atoms with Crippen molar-refractivity contribution in [3.8, 4) is 0 Å². The van der Waals surface area contributed by atoms with E-state index in [1.165, 1.54) is 18.2 Å². The summed E-state index contributed by atoms with van der Waals surface area (Å²) >= 11 is 0. The van der Waals surface area contributed by atoms with Crippen LogP contribution in [0.3, 0.4) is 0 Å². The molecule has 2 aromatic rings. The molecule has 4 nitrogen and oxygen atoms in total. The molecule has 5 heteroatoms. The van der Waals surface area contributed by atoms with E-state index < -0.39 is 17.7 Å². The van der Waals surface area contributed by atoms with Gasteiger partial charge in [0.2, 0.25) is 0 Å². The maximum Gasteiger partial charge on any atom is 0.310 e. The normalized spacial score (nSPS) is 10.9. The fourth-order valence-electron chi connectivity index (χ4n) is 2.88. The SMILES string of the molecule is CC(C)c1cccc(C(C)C)c1NC(=O)COC(=O)Cc1cccc(F)c1. The summed E-state index contributed by atoms with van der Waals surface area (Å²) in [5, 5.41) is 2.89. The fraction of sp³-hybridized carbons (Fsp3) is 0.364. The number of hydrogen-bond acceptors (Lipinski definition) is 3. The average molecular weight is 371 g/mol. The van der Waals surface area contributed by atoms with Crippen molar-refractivity contribution in [1.82, 2.24) is 0 Å². The molecule has 0 saturated heterocycles. The molecule has 0 radical (unpaired) electrons. The van der Waals surface area contributed by atoms with Gasteiger partial charge < -0.3 is 10.1 Å². The smallest absolute Gasteiger partial charge is 0.310 e. The minimum Gasteiger partial charge on any atom is -0.455 e. The van der Waals surface area contributed by atoms with Crippen LogP contribution in [0.2, 0.25) is 0 Å². The summed E-state index contributed by atoms with van der Waals surface area (Å²) in [6.45, 7) is 7.88. The summed E-state index contributed by atoms with van der Waals surface area (Å²) in [5.41, 5.74) is 3.38. The van der Waals surface area contributed by atoms with Gasteiger partial charge in [-0.2, -0.15) is 0 Å². The molecule has 0 bridgehead atoms. The Balaban J connectivity index is 2.00. The van der Waals surface area contributed by atoms with Crippen LogP contribution in [0.25, 0.3) is 0 Å². The van der Waals surface area contributed by atoms with Crippen LogP contribution in [0.4, 0.5) is 10.1 Å². The number of rotatable bonds is 7. The molecule has 0 aliphatic rings. The molecule has 1 N–H and O–H groups in total. The first-order chi connectivity index (χ1) is 12.8. The Bertz CT molecular complexity index is 789. The highest BCUT2D eigenvalue weighted by molar-refractivity contribution is 5.94. The molecule has 0 aromatic heterocycles. The Morgan fingerprint density at radius 3 is 2.15 bits per heavy atom. The summed E-state index contributed by atoms with van der Waals surface area (Å²) < 4.78 is 18.2. The number of amides is 1. The first-order valence-electron chi connectivity index (χ1n) is 9.10.